The van der Waals surface area contributed by atoms with Gasteiger partial charge in [0.05, 0.1) is 12.8 Å². The van der Waals surface area contributed by atoms with E-state index in [9.17, 15) is 9.59 Å². The minimum absolute atomic E-state index is 0.389. The third-order valence-corrected chi connectivity index (χ3v) is 4.15. The van der Waals surface area contributed by atoms with Gasteiger partial charge in [-0.1, -0.05) is 24.3 Å². The zero-order valence-corrected chi connectivity index (χ0v) is 14.2. The summed E-state index contributed by atoms with van der Waals surface area (Å²) in [7, 11) is 1.61. The molecule has 0 aliphatic carbocycles. The van der Waals surface area contributed by atoms with Gasteiger partial charge < -0.3 is 20.1 Å². The molecule has 0 saturated carbocycles. The fraction of sp³-hybridized carbons (Fsp3) is 0.263. The van der Waals surface area contributed by atoms with E-state index >= 15 is 0 Å². The molecule has 2 N–H and O–H groups in total. The molecule has 1 unspecified atom stereocenters. The quantitative estimate of drug-likeness (QED) is 0.818. The van der Waals surface area contributed by atoms with Crippen molar-refractivity contribution in [2.45, 2.75) is 18.9 Å². The number of amides is 2. The molecule has 2 aromatic carbocycles. The Bertz CT molecular complexity index is 806. The van der Waals surface area contributed by atoms with Crippen molar-refractivity contribution >= 4 is 17.5 Å². The van der Waals surface area contributed by atoms with Crippen LogP contribution in [0, 0.1) is 0 Å². The largest absolute Gasteiger partial charge is 0.497 e. The molecule has 1 heterocycles. The summed E-state index contributed by atoms with van der Waals surface area (Å²) >= 11 is 0. The van der Waals surface area contributed by atoms with Crippen LogP contribution in [0.4, 0.5) is 5.69 Å². The Balaban J connectivity index is 1.63. The van der Waals surface area contributed by atoms with Crippen LogP contribution in [-0.2, 0) is 16.0 Å². The second kappa shape index (κ2) is 6.84. The number of methoxy groups -OCH3 is 1. The molecule has 1 aliphatic heterocycles. The molecule has 6 nitrogen and oxygen atoms in total. The van der Waals surface area contributed by atoms with Gasteiger partial charge in [-0.2, -0.15) is 0 Å². The molecule has 0 radical (unpaired) electrons. The Kier molecular flexibility index (Phi) is 4.61. The highest BCUT2D eigenvalue weighted by Crippen LogP contribution is 2.33. The van der Waals surface area contributed by atoms with Crippen molar-refractivity contribution in [3.05, 3.63) is 54.1 Å². The van der Waals surface area contributed by atoms with E-state index in [1.54, 1.807) is 31.4 Å². The van der Waals surface area contributed by atoms with Crippen LogP contribution in [0.25, 0.3) is 0 Å². The lowest BCUT2D eigenvalue weighted by Crippen LogP contribution is -2.58. The molecule has 0 aromatic heterocycles. The van der Waals surface area contributed by atoms with Crippen molar-refractivity contribution in [2.75, 3.05) is 19.0 Å². The monoisotopic (exact) mass is 340 g/mol. The Morgan fingerprint density at radius 1 is 1.24 bits per heavy atom. The molecule has 25 heavy (non-hydrogen) atoms. The Morgan fingerprint density at radius 2 is 2.04 bits per heavy atom. The van der Waals surface area contributed by atoms with Gasteiger partial charge in [0.15, 0.2) is 0 Å². The van der Waals surface area contributed by atoms with Crippen molar-refractivity contribution in [2.24, 2.45) is 0 Å². The van der Waals surface area contributed by atoms with E-state index in [0.717, 1.165) is 11.3 Å². The van der Waals surface area contributed by atoms with E-state index in [0.29, 0.717) is 24.4 Å². The van der Waals surface area contributed by atoms with Gasteiger partial charge in [0.25, 0.3) is 17.4 Å². The van der Waals surface area contributed by atoms with E-state index in [1.807, 2.05) is 24.3 Å². The average Bonchev–Trinajstić information content (AvgIpc) is 2.62. The van der Waals surface area contributed by atoms with Crippen LogP contribution in [0.1, 0.15) is 12.5 Å². The molecule has 130 valence electrons. The molecule has 3 rings (SSSR count). The summed E-state index contributed by atoms with van der Waals surface area (Å²) in [5.74, 6) is 0.294. The van der Waals surface area contributed by atoms with E-state index in [4.69, 9.17) is 9.47 Å². The third kappa shape index (κ3) is 3.42. The molecule has 1 aliphatic rings. The summed E-state index contributed by atoms with van der Waals surface area (Å²) in [6, 6.07) is 14.7. The molecule has 0 bridgehead atoms. The second-order valence-electron chi connectivity index (χ2n) is 5.94. The first-order chi connectivity index (χ1) is 12.0. The first-order valence-corrected chi connectivity index (χ1v) is 8.03. The fourth-order valence-corrected chi connectivity index (χ4v) is 2.63. The molecular weight excluding hydrogens is 320 g/mol. The normalized spacial score (nSPS) is 18.6. The number of para-hydroxylation sites is 2. The SMILES string of the molecule is COc1cccc(CCNC(=O)C2(C)Oc3ccccc3NC2=O)c1. The van der Waals surface area contributed by atoms with Gasteiger partial charge in [0.1, 0.15) is 11.5 Å². The van der Waals surface area contributed by atoms with Crippen LogP contribution in [0.2, 0.25) is 0 Å². The topological polar surface area (TPSA) is 76.7 Å². The molecule has 0 saturated heterocycles. The Morgan fingerprint density at radius 3 is 2.84 bits per heavy atom. The lowest BCUT2D eigenvalue weighted by molar-refractivity contribution is -0.146. The van der Waals surface area contributed by atoms with Gasteiger partial charge in [0, 0.05) is 6.54 Å². The maximum absolute atomic E-state index is 12.5. The Labute approximate surface area is 146 Å². The van der Waals surface area contributed by atoms with E-state index in [1.165, 1.54) is 6.92 Å². The lowest BCUT2D eigenvalue weighted by Gasteiger charge is -2.33. The maximum atomic E-state index is 12.5. The van der Waals surface area contributed by atoms with Gasteiger partial charge in [-0.15, -0.1) is 0 Å². The van der Waals surface area contributed by atoms with Crippen molar-refractivity contribution in [1.29, 1.82) is 0 Å². The number of fused-ring (bicyclic) bond motifs is 1. The standard InChI is InChI=1S/C19H20N2O4/c1-19(18(23)21-15-8-3-4-9-16(15)25-19)17(22)20-11-10-13-6-5-7-14(12-13)24-2/h3-9,12H,10-11H2,1-2H3,(H,20,22)(H,21,23). The average molecular weight is 340 g/mol. The van der Waals surface area contributed by atoms with Gasteiger partial charge in [-0.05, 0) is 43.2 Å². The van der Waals surface area contributed by atoms with Crippen LogP contribution >= 0.6 is 0 Å². The van der Waals surface area contributed by atoms with E-state index in [2.05, 4.69) is 10.6 Å². The van der Waals surface area contributed by atoms with E-state index in [-0.39, 0.29) is 0 Å². The van der Waals surface area contributed by atoms with Crippen LogP contribution in [-0.4, -0.2) is 31.1 Å². The number of benzene rings is 2. The second-order valence-corrected chi connectivity index (χ2v) is 5.94. The minimum atomic E-state index is -1.59. The van der Waals surface area contributed by atoms with Crippen LogP contribution in [0.15, 0.2) is 48.5 Å². The predicted octanol–water partition coefficient (Wildman–Crippen LogP) is 2.14. The predicted molar refractivity (Wildman–Crippen MR) is 93.8 cm³/mol. The minimum Gasteiger partial charge on any atom is -0.497 e. The number of carbonyl (C=O) groups is 2. The van der Waals surface area contributed by atoms with E-state index < -0.39 is 17.4 Å². The highest BCUT2D eigenvalue weighted by atomic mass is 16.5. The fourth-order valence-electron chi connectivity index (χ4n) is 2.63. The van der Waals surface area contributed by atoms with Crippen molar-refractivity contribution < 1.29 is 19.1 Å². The summed E-state index contributed by atoms with van der Waals surface area (Å²) in [5, 5.41) is 5.49. The smallest absolute Gasteiger partial charge is 0.278 e. The number of carbonyl (C=O) groups excluding carboxylic acids is 2. The molecule has 0 spiro atoms. The molecular formula is C19H20N2O4. The summed E-state index contributed by atoms with van der Waals surface area (Å²) in [5.41, 5.74) is 0.00115. The third-order valence-electron chi connectivity index (χ3n) is 4.15. The lowest BCUT2D eigenvalue weighted by atomic mass is 10.0. The van der Waals surface area contributed by atoms with Crippen molar-refractivity contribution in [1.82, 2.24) is 5.32 Å². The molecule has 1 atom stereocenters. The molecule has 2 aromatic rings. The molecule has 6 heteroatoms. The number of hydrogen-bond donors (Lipinski definition) is 2. The number of ether oxygens (including phenoxy) is 2. The highest BCUT2D eigenvalue weighted by Gasteiger charge is 2.46. The van der Waals surface area contributed by atoms with Crippen LogP contribution < -0.4 is 20.1 Å². The molecule has 0 fully saturated rings. The first-order valence-electron chi connectivity index (χ1n) is 8.03. The zero-order chi connectivity index (χ0) is 17.9. The zero-order valence-electron chi connectivity index (χ0n) is 14.2. The number of anilines is 1. The molecule has 2 amide bonds. The number of hydrogen-bond acceptors (Lipinski definition) is 4. The number of rotatable bonds is 5. The first kappa shape index (κ1) is 16.8. The maximum Gasteiger partial charge on any atom is 0.278 e. The van der Waals surface area contributed by atoms with Crippen molar-refractivity contribution in [3.8, 4) is 11.5 Å². The highest BCUT2D eigenvalue weighted by molar-refractivity contribution is 6.15. The Hall–Kier alpha value is -3.02. The van der Waals surface area contributed by atoms with Gasteiger partial charge in [-0.3, -0.25) is 9.59 Å². The number of nitrogens with one attached hydrogen (secondary N) is 2. The van der Waals surface area contributed by atoms with Gasteiger partial charge >= 0.3 is 0 Å². The van der Waals surface area contributed by atoms with Crippen LogP contribution in [0.5, 0.6) is 11.5 Å². The summed E-state index contributed by atoms with van der Waals surface area (Å²) < 4.78 is 10.9. The van der Waals surface area contributed by atoms with Crippen LogP contribution in [0.3, 0.4) is 0 Å². The summed E-state index contributed by atoms with van der Waals surface area (Å²) in [6.07, 6.45) is 0.622. The summed E-state index contributed by atoms with van der Waals surface area (Å²) in [6.45, 7) is 1.86. The summed E-state index contributed by atoms with van der Waals surface area (Å²) in [4.78, 5) is 24.9. The van der Waals surface area contributed by atoms with Gasteiger partial charge in [-0.25, -0.2) is 0 Å². The van der Waals surface area contributed by atoms with Gasteiger partial charge in [0.2, 0.25) is 0 Å². The van der Waals surface area contributed by atoms with Crippen molar-refractivity contribution in [3.63, 3.8) is 0 Å².